The van der Waals surface area contributed by atoms with Crippen molar-refractivity contribution in [1.82, 2.24) is 0 Å². The SMILES string of the molecule is Brc1ccc2c(c1)OCC[C]2. The van der Waals surface area contributed by atoms with Crippen molar-refractivity contribution in [2.24, 2.45) is 0 Å². The van der Waals surface area contributed by atoms with Crippen LogP contribution in [0.3, 0.4) is 0 Å². The summed E-state index contributed by atoms with van der Waals surface area (Å²) in [6.07, 6.45) is 4.14. The van der Waals surface area contributed by atoms with Crippen LogP contribution >= 0.6 is 15.9 Å². The van der Waals surface area contributed by atoms with Crippen molar-refractivity contribution in [3.63, 3.8) is 0 Å². The van der Waals surface area contributed by atoms with Crippen LogP contribution in [-0.2, 0) is 0 Å². The van der Waals surface area contributed by atoms with Gasteiger partial charge in [-0.3, -0.25) is 0 Å². The molecule has 0 aromatic heterocycles. The van der Waals surface area contributed by atoms with E-state index in [2.05, 4.69) is 22.4 Å². The first kappa shape index (κ1) is 7.17. The van der Waals surface area contributed by atoms with E-state index < -0.39 is 0 Å². The van der Waals surface area contributed by atoms with Gasteiger partial charge in [-0.25, -0.2) is 0 Å². The predicted octanol–water partition coefficient (Wildman–Crippen LogP) is 2.66. The number of fused-ring (bicyclic) bond motifs is 1. The van der Waals surface area contributed by atoms with E-state index in [1.807, 2.05) is 18.2 Å². The van der Waals surface area contributed by atoms with Crippen LogP contribution < -0.4 is 4.74 Å². The molecule has 1 heterocycles. The Balaban J connectivity index is 2.43. The topological polar surface area (TPSA) is 9.23 Å². The van der Waals surface area contributed by atoms with Gasteiger partial charge < -0.3 is 4.74 Å². The molecule has 2 heteroatoms. The van der Waals surface area contributed by atoms with Gasteiger partial charge in [0.25, 0.3) is 0 Å². The fourth-order valence-corrected chi connectivity index (χ4v) is 1.45. The van der Waals surface area contributed by atoms with Gasteiger partial charge in [0, 0.05) is 16.5 Å². The van der Waals surface area contributed by atoms with E-state index in [0.29, 0.717) is 0 Å². The summed E-state index contributed by atoms with van der Waals surface area (Å²) in [7, 11) is 0. The van der Waals surface area contributed by atoms with Gasteiger partial charge >= 0.3 is 0 Å². The fourth-order valence-electron chi connectivity index (χ4n) is 1.11. The Hall–Kier alpha value is -0.500. The van der Waals surface area contributed by atoms with E-state index in [-0.39, 0.29) is 0 Å². The van der Waals surface area contributed by atoms with Gasteiger partial charge in [-0.2, -0.15) is 0 Å². The monoisotopic (exact) mass is 210 g/mol. The van der Waals surface area contributed by atoms with E-state index in [9.17, 15) is 0 Å². The van der Waals surface area contributed by atoms with Crippen LogP contribution in [0.25, 0.3) is 0 Å². The smallest absolute Gasteiger partial charge is 0.124 e. The third-order valence-electron chi connectivity index (χ3n) is 1.62. The minimum absolute atomic E-state index is 0.753. The maximum absolute atomic E-state index is 5.41. The maximum atomic E-state index is 5.41. The zero-order chi connectivity index (χ0) is 7.68. The molecule has 1 aliphatic heterocycles. The first-order valence-electron chi connectivity index (χ1n) is 3.52. The molecule has 2 radical (unpaired) electrons. The van der Waals surface area contributed by atoms with E-state index >= 15 is 0 Å². The van der Waals surface area contributed by atoms with Crippen molar-refractivity contribution in [2.45, 2.75) is 6.42 Å². The summed E-state index contributed by atoms with van der Waals surface area (Å²) in [5, 5.41) is 0. The molecule has 1 nitrogen and oxygen atoms in total. The molecule has 2 rings (SSSR count). The molecular formula is C9H7BrO. The van der Waals surface area contributed by atoms with Crippen molar-refractivity contribution >= 4 is 15.9 Å². The lowest BCUT2D eigenvalue weighted by Crippen LogP contribution is -2.06. The molecule has 0 saturated carbocycles. The molecule has 0 atom stereocenters. The van der Waals surface area contributed by atoms with Crippen molar-refractivity contribution in [3.05, 3.63) is 34.7 Å². The fraction of sp³-hybridized carbons (Fsp3) is 0.222. The second kappa shape index (κ2) is 2.86. The second-order valence-electron chi connectivity index (χ2n) is 2.42. The van der Waals surface area contributed by atoms with Gasteiger partial charge in [0.15, 0.2) is 0 Å². The van der Waals surface area contributed by atoms with Crippen LogP contribution in [0, 0.1) is 6.42 Å². The highest BCUT2D eigenvalue weighted by atomic mass is 79.9. The van der Waals surface area contributed by atoms with Gasteiger partial charge in [-0.05, 0) is 18.6 Å². The summed E-state index contributed by atoms with van der Waals surface area (Å²) in [6.45, 7) is 0.753. The highest BCUT2D eigenvalue weighted by Gasteiger charge is 2.09. The largest absolute Gasteiger partial charge is 0.493 e. The Labute approximate surface area is 74.5 Å². The Bertz CT molecular complexity index is 270. The number of benzene rings is 1. The van der Waals surface area contributed by atoms with E-state index in [4.69, 9.17) is 4.74 Å². The Morgan fingerprint density at radius 1 is 1.45 bits per heavy atom. The second-order valence-corrected chi connectivity index (χ2v) is 3.33. The molecule has 11 heavy (non-hydrogen) atoms. The van der Waals surface area contributed by atoms with Crippen LogP contribution in [0.15, 0.2) is 22.7 Å². The number of halogens is 1. The van der Waals surface area contributed by atoms with Gasteiger partial charge in [-0.15, -0.1) is 0 Å². The van der Waals surface area contributed by atoms with Crippen LogP contribution in [-0.4, -0.2) is 6.61 Å². The minimum Gasteiger partial charge on any atom is -0.493 e. The number of hydrogen-bond acceptors (Lipinski definition) is 1. The Kier molecular flexibility index (Phi) is 1.86. The van der Waals surface area contributed by atoms with E-state index in [1.165, 1.54) is 0 Å². The molecule has 1 aromatic rings. The molecule has 56 valence electrons. The number of hydrogen-bond donors (Lipinski definition) is 0. The summed E-state index contributed by atoms with van der Waals surface area (Å²) in [4.78, 5) is 0. The van der Waals surface area contributed by atoms with Gasteiger partial charge in [0.05, 0.1) is 6.61 Å². The predicted molar refractivity (Wildman–Crippen MR) is 46.6 cm³/mol. The lowest BCUT2D eigenvalue weighted by Gasteiger charge is -2.15. The van der Waals surface area contributed by atoms with E-state index in [1.54, 1.807) is 0 Å². The highest BCUT2D eigenvalue weighted by Crippen LogP contribution is 2.28. The third kappa shape index (κ3) is 1.41. The summed E-state index contributed by atoms with van der Waals surface area (Å²) in [5.74, 6) is 0.936. The van der Waals surface area contributed by atoms with Gasteiger partial charge in [-0.1, -0.05) is 22.0 Å². The molecule has 0 amide bonds. The highest BCUT2D eigenvalue weighted by molar-refractivity contribution is 9.10. The molecule has 0 fully saturated rings. The van der Waals surface area contributed by atoms with Crippen molar-refractivity contribution in [3.8, 4) is 5.75 Å². The van der Waals surface area contributed by atoms with Crippen LogP contribution in [0.2, 0.25) is 0 Å². The molecule has 0 saturated heterocycles. The zero-order valence-electron chi connectivity index (χ0n) is 5.93. The lowest BCUT2D eigenvalue weighted by molar-refractivity contribution is 0.306. The minimum atomic E-state index is 0.753. The summed E-state index contributed by atoms with van der Waals surface area (Å²) in [5.41, 5.74) is 1.08. The molecule has 0 unspecified atom stereocenters. The standard InChI is InChI=1S/C9H7BrO/c10-8-4-3-7-2-1-5-11-9(7)6-8/h3-4,6H,1,5H2. The normalized spacial score (nSPS) is 15.4. The third-order valence-corrected chi connectivity index (χ3v) is 2.11. The molecule has 0 aliphatic carbocycles. The van der Waals surface area contributed by atoms with Crippen LogP contribution in [0.1, 0.15) is 12.0 Å². The zero-order valence-corrected chi connectivity index (χ0v) is 7.52. The average Bonchev–Trinajstić information content (AvgIpc) is 2.04. The molecule has 0 N–H and O–H groups in total. The first-order valence-corrected chi connectivity index (χ1v) is 4.32. The van der Waals surface area contributed by atoms with Crippen molar-refractivity contribution in [2.75, 3.05) is 6.61 Å². The molecular weight excluding hydrogens is 204 g/mol. The first-order chi connectivity index (χ1) is 5.36. The quantitative estimate of drug-likeness (QED) is 0.640. The van der Waals surface area contributed by atoms with Crippen molar-refractivity contribution < 1.29 is 4.74 Å². The Morgan fingerprint density at radius 3 is 3.27 bits per heavy atom. The summed E-state index contributed by atoms with van der Waals surface area (Å²) in [6, 6.07) is 5.99. The molecule has 1 aliphatic rings. The van der Waals surface area contributed by atoms with Gasteiger partial charge in [0.2, 0.25) is 0 Å². The number of ether oxygens (including phenoxy) is 1. The number of rotatable bonds is 0. The van der Waals surface area contributed by atoms with Crippen molar-refractivity contribution in [1.29, 1.82) is 0 Å². The maximum Gasteiger partial charge on any atom is 0.124 e. The Morgan fingerprint density at radius 2 is 2.36 bits per heavy atom. The van der Waals surface area contributed by atoms with Crippen LogP contribution in [0.5, 0.6) is 5.75 Å². The van der Waals surface area contributed by atoms with Crippen LogP contribution in [0.4, 0.5) is 0 Å². The molecule has 0 bridgehead atoms. The summed E-state index contributed by atoms with van der Waals surface area (Å²) < 4.78 is 6.47. The molecule has 1 aromatic carbocycles. The van der Waals surface area contributed by atoms with E-state index in [0.717, 1.165) is 28.8 Å². The lowest BCUT2D eigenvalue weighted by atomic mass is 10.1. The molecule has 0 spiro atoms. The van der Waals surface area contributed by atoms with Gasteiger partial charge in [0.1, 0.15) is 5.75 Å². The summed E-state index contributed by atoms with van der Waals surface area (Å²) >= 11 is 3.38. The average molecular weight is 211 g/mol.